The SMILES string of the molecule is COCC1CCCN(Cc2ccc3c(c2)CN(Cc2ccc4c(c2)CCO4)CCO3)C1. The van der Waals surface area contributed by atoms with Crippen molar-refractivity contribution in [2.45, 2.75) is 38.9 Å². The van der Waals surface area contributed by atoms with Crippen LogP contribution in [0.5, 0.6) is 11.5 Å². The molecule has 0 saturated carbocycles. The molecular formula is C26H34N2O3. The van der Waals surface area contributed by atoms with E-state index in [0.29, 0.717) is 5.92 Å². The van der Waals surface area contributed by atoms with E-state index in [1.165, 1.54) is 41.6 Å². The average molecular weight is 423 g/mol. The molecular weight excluding hydrogens is 388 g/mol. The summed E-state index contributed by atoms with van der Waals surface area (Å²) < 4.78 is 17.2. The first-order valence-electron chi connectivity index (χ1n) is 11.7. The maximum Gasteiger partial charge on any atom is 0.123 e. The van der Waals surface area contributed by atoms with Crippen molar-refractivity contribution >= 4 is 0 Å². The fraction of sp³-hybridized carbons (Fsp3) is 0.538. The number of hydrogen-bond acceptors (Lipinski definition) is 5. The first kappa shape index (κ1) is 20.8. The molecule has 2 aromatic carbocycles. The van der Waals surface area contributed by atoms with E-state index in [4.69, 9.17) is 14.2 Å². The van der Waals surface area contributed by atoms with Crippen LogP contribution in [0, 0.1) is 5.92 Å². The number of rotatable bonds is 6. The summed E-state index contributed by atoms with van der Waals surface area (Å²) in [5.41, 5.74) is 5.41. The van der Waals surface area contributed by atoms with E-state index in [9.17, 15) is 0 Å². The molecule has 0 radical (unpaired) electrons. The minimum absolute atomic E-state index is 0.663. The average Bonchev–Trinajstić information content (AvgIpc) is 3.14. The van der Waals surface area contributed by atoms with Gasteiger partial charge in [0.1, 0.15) is 18.1 Å². The zero-order valence-electron chi connectivity index (χ0n) is 18.6. The number of fused-ring (bicyclic) bond motifs is 2. The third-order valence-corrected chi connectivity index (χ3v) is 6.76. The highest BCUT2D eigenvalue weighted by Crippen LogP contribution is 2.29. The molecule has 0 spiro atoms. The maximum absolute atomic E-state index is 6.09. The number of piperidine rings is 1. The van der Waals surface area contributed by atoms with E-state index in [1.807, 2.05) is 7.11 Å². The maximum atomic E-state index is 6.09. The zero-order valence-corrected chi connectivity index (χ0v) is 18.6. The Bertz CT molecular complexity index is 898. The number of methoxy groups -OCH3 is 1. The van der Waals surface area contributed by atoms with Gasteiger partial charge in [0.25, 0.3) is 0 Å². The van der Waals surface area contributed by atoms with Gasteiger partial charge in [0, 0.05) is 51.8 Å². The lowest BCUT2D eigenvalue weighted by Gasteiger charge is -2.32. The van der Waals surface area contributed by atoms with E-state index in [-0.39, 0.29) is 0 Å². The Balaban J connectivity index is 1.25. The van der Waals surface area contributed by atoms with E-state index < -0.39 is 0 Å². The summed E-state index contributed by atoms with van der Waals surface area (Å²) in [5.74, 6) is 2.77. The Labute approximate surface area is 185 Å². The minimum atomic E-state index is 0.663. The van der Waals surface area contributed by atoms with Crippen LogP contribution in [0.4, 0.5) is 0 Å². The van der Waals surface area contributed by atoms with Gasteiger partial charge in [-0.05, 0) is 60.2 Å². The second-order valence-electron chi connectivity index (χ2n) is 9.24. The molecule has 1 atom stereocenters. The van der Waals surface area contributed by atoms with Crippen LogP contribution in [0.1, 0.15) is 35.1 Å². The summed E-state index contributed by atoms with van der Waals surface area (Å²) in [7, 11) is 1.81. The van der Waals surface area contributed by atoms with Crippen LogP contribution in [-0.4, -0.2) is 56.4 Å². The van der Waals surface area contributed by atoms with Crippen LogP contribution < -0.4 is 9.47 Å². The summed E-state index contributed by atoms with van der Waals surface area (Å²) in [5, 5.41) is 0. The van der Waals surface area contributed by atoms with Crippen molar-refractivity contribution < 1.29 is 14.2 Å². The largest absolute Gasteiger partial charge is 0.493 e. The highest BCUT2D eigenvalue weighted by Gasteiger charge is 2.21. The van der Waals surface area contributed by atoms with E-state index in [1.54, 1.807) is 0 Å². The normalized spacial score (nSPS) is 21.6. The van der Waals surface area contributed by atoms with Gasteiger partial charge in [-0.3, -0.25) is 9.80 Å². The van der Waals surface area contributed by atoms with Gasteiger partial charge in [0.05, 0.1) is 13.2 Å². The second kappa shape index (κ2) is 9.60. The van der Waals surface area contributed by atoms with Crippen LogP contribution in [0.15, 0.2) is 36.4 Å². The molecule has 3 aliphatic rings. The van der Waals surface area contributed by atoms with Gasteiger partial charge in [0.15, 0.2) is 0 Å². The quantitative estimate of drug-likeness (QED) is 0.706. The van der Waals surface area contributed by atoms with Crippen molar-refractivity contribution in [2.75, 3.05) is 46.6 Å². The molecule has 5 rings (SSSR count). The van der Waals surface area contributed by atoms with Gasteiger partial charge in [-0.1, -0.05) is 18.2 Å². The molecule has 3 heterocycles. The Morgan fingerprint density at radius 1 is 0.903 bits per heavy atom. The van der Waals surface area contributed by atoms with Crippen molar-refractivity contribution in [2.24, 2.45) is 5.92 Å². The predicted molar refractivity (Wildman–Crippen MR) is 122 cm³/mol. The molecule has 1 saturated heterocycles. The molecule has 0 amide bonds. The smallest absolute Gasteiger partial charge is 0.123 e. The van der Waals surface area contributed by atoms with Crippen molar-refractivity contribution in [1.29, 1.82) is 0 Å². The number of hydrogen-bond donors (Lipinski definition) is 0. The molecule has 1 unspecified atom stereocenters. The van der Waals surface area contributed by atoms with Crippen LogP contribution in [0.3, 0.4) is 0 Å². The molecule has 3 aliphatic heterocycles. The minimum Gasteiger partial charge on any atom is -0.493 e. The van der Waals surface area contributed by atoms with E-state index in [0.717, 1.165) is 70.5 Å². The monoisotopic (exact) mass is 422 g/mol. The molecule has 2 aromatic rings. The lowest BCUT2D eigenvalue weighted by atomic mass is 9.98. The molecule has 0 N–H and O–H groups in total. The van der Waals surface area contributed by atoms with Gasteiger partial charge in [-0.2, -0.15) is 0 Å². The summed E-state index contributed by atoms with van der Waals surface area (Å²) >= 11 is 0. The summed E-state index contributed by atoms with van der Waals surface area (Å²) in [6, 6.07) is 13.4. The summed E-state index contributed by atoms with van der Waals surface area (Å²) in [4.78, 5) is 5.08. The molecule has 0 aromatic heterocycles. The number of nitrogens with zero attached hydrogens (tertiary/aromatic N) is 2. The predicted octanol–water partition coefficient (Wildman–Crippen LogP) is 3.87. The fourth-order valence-corrected chi connectivity index (χ4v) is 5.26. The molecule has 0 bridgehead atoms. The Hall–Kier alpha value is -2.08. The Morgan fingerprint density at radius 2 is 1.65 bits per heavy atom. The van der Waals surface area contributed by atoms with Crippen LogP contribution in [0.25, 0.3) is 0 Å². The van der Waals surface area contributed by atoms with Crippen LogP contribution in [0.2, 0.25) is 0 Å². The summed E-state index contributed by atoms with van der Waals surface area (Å²) in [6.07, 6.45) is 3.58. The topological polar surface area (TPSA) is 34.2 Å². The number of ether oxygens (including phenoxy) is 3. The highest BCUT2D eigenvalue weighted by molar-refractivity contribution is 5.40. The Morgan fingerprint density at radius 3 is 2.48 bits per heavy atom. The standard InChI is InChI=1S/C26H34N2O3/c1-29-19-22-3-2-9-27(17-22)15-21-5-7-26-24(14-21)18-28(10-12-31-26)16-20-4-6-25-23(13-20)8-11-30-25/h4-7,13-14,22H,2-3,8-12,15-19H2,1H3. The van der Waals surface area contributed by atoms with Gasteiger partial charge in [-0.15, -0.1) is 0 Å². The highest BCUT2D eigenvalue weighted by atomic mass is 16.5. The van der Waals surface area contributed by atoms with Crippen LogP contribution in [-0.2, 0) is 30.8 Å². The zero-order chi connectivity index (χ0) is 21.0. The third kappa shape index (κ3) is 5.05. The first-order chi connectivity index (χ1) is 15.3. The fourth-order valence-electron chi connectivity index (χ4n) is 5.26. The van der Waals surface area contributed by atoms with Gasteiger partial charge in [0.2, 0.25) is 0 Å². The molecule has 5 heteroatoms. The van der Waals surface area contributed by atoms with Crippen molar-refractivity contribution in [3.63, 3.8) is 0 Å². The van der Waals surface area contributed by atoms with Crippen molar-refractivity contribution in [3.8, 4) is 11.5 Å². The Kier molecular flexibility index (Phi) is 6.44. The van der Waals surface area contributed by atoms with E-state index >= 15 is 0 Å². The van der Waals surface area contributed by atoms with Crippen molar-refractivity contribution in [3.05, 3.63) is 58.7 Å². The summed E-state index contributed by atoms with van der Waals surface area (Å²) in [6.45, 7) is 8.59. The second-order valence-corrected chi connectivity index (χ2v) is 9.24. The molecule has 1 fully saturated rings. The molecule has 166 valence electrons. The third-order valence-electron chi connectivity index (χ3n) is 6.76. The molecule has 0 aliphatic carbocycles. The van der Waals surface area contributed by atoms with Gasteiger partial charge in [-0.25, -0.2) is 0 Å². The van der Waals surface area contributed by atoms with Gasteiger partial charge >= 0.3 is 0 Å². The lowest BCUT2D eigenvalue weighted by molar-refractivity contribution is 0.0873. The number of benzene rings is 2. The van der Waals surface area contributed by atoms with E-state index in [2.05, 4.69) is 46.2 Å². The molecule has 5 nitrogen and oxygen atoms in total. The first-order valence-corrected chi connectivity index (χ1v) is 11.7. The lowest BCUT2D eigenvalue weighted by Crippen LogP contribution is -2.36. The molecule has 31 heavy (non-hydrogen) atoms. The number of likely N-dealkylation sites (tertiary alicyclic amines) is 1. The van der Waals surface area contributed by atoms with Crippen molar-refractivity contribution in [1.82, 2.24) is 9.80 Å². The van der Waals surface area contributed by atoms with Crippen LogP contribution >= 0.6 is 0 Å². The van der Waals surface area contributed by atoms with Gasteiger partial charge < -0.3 is 14.2 Å².